The van der Waals surface area contributed by atoms with E-state index in [1.54, 1.807) is 12.1 Å². The van der Waals surface area contributed by atoms with Crippen molar-refractivity contribution in [1.29, 1.82) is 0 Å². The predicted molar refractivity (Wildman–Crippen MR) is 84.5 cm³/mol. The molecule has 4 nitrogen and oxygen atoms in total. The number of nitro groups is 1. The third kappa shape index (κ3) is 4.03. The summed E-state index contributed by atoms with van der Waals surface area (Å²) in [5.41, 5.74) is 2.22. The number of hydrogen-bond acceptors (Lipinski definition) is 3. The summed E-state index contributed by atoms with van der Waals surface area (Å²) >= 11 is 6.00. The van der Waals surface area contributed by atoms with Crippen molar-refractivity contribution in [3.05, 3.63) is 74.8 Å². The summed E-state index contributed by atoms with van der Waals surface area (Å²) in [4.78, 5) is 10.3. The Bertz CT molecular complexity index is 628. The highest BCUT2D eigenvalue weighted by molar-refractivity contribution is 6.30. The van der Waals surface area contributed by atoms with Gasteiger partial charge in [0.2, 0.25) is 0 Å². The Hall–Kier alpha value is -1.91. The molecule has 0 aliphatic rings. The van der Waals surface area contributed by atoms with Crippen LogP contribution < -0.4 is 5.32 Å². The fraction of sp³-hybridized carbons (Fsp3) is 0.250. The Morgan fingerprint density at radius 1 is 1.05 bits per heavy atom. The first-order valence-electron chi connectivity index (χ1n) is 6.73. The lowest BCUT2D eigenvalue weighted by Crippen LogP contribution is -2.22. The SMILES string of the molecule is CC(N[C@H](C)c1cccc(Cl)c1)c1ccc([N+](=O)[O-])cc1. The van der Waals surface area contributed by atoms with Crippen molar-refractivity contribution in [1.82, 2.24) is 5.32 Å². The van der Waals surface area contributed by atoms with E-state index in [0.717, 1.165) is 11.1 Å². The summed E-state index contributed by atoms with van der Waals surface area (Å²) in [6.07, 6.45) is 0. The molecule has 0 spiro atoms. The average Bonchev–Trinajstić information content (AvgIpc) is 2.47. The molecule has 1 N–H and O–H groups in total. The van der Waals surface area contributed by atoms with Crippen LogP contribution in [0.2, 0.25) is 5.02 Å². The van der Waals surface area contributed by atoms with Gasteiger partial charge in [0.15, 0.2) is 0 Å². The molecule has 110 valence electrons. The third-order valence-corrected chi connectivity index (χ3v) is 3.69. The van der Waals surface area contributed by atoms with Gasteiger partial charge in [-0.1, -0.05) is 35.9 Å². The van der Waals surface area contributed by atoms with Gasteiger partial charge >= 0.3 is 0 Å². The fourth-order valence-electron chi connectivity index (χ4n) is 2.23. The normalized spacial score (nSPS) is 13.7. The quantitative estimate of drug-likeness (QED) is 0.645. The number of halogens is 1. The lowest BCUT2D eigenvalue weighted by molar-refractivity contribution is -0.384. The monoisotopic (exact) mass is 304 g/mol. The minimum absolute atomic E-state index is 0.0831. The van der Waals surface area contributed by atoms with Crippen LogP contribution in [0.15, 0.2) is 48.5 Å². The van der Waals surface area contributed by atoms with Crippen molar-refractivity contribution in [2.45, 2.75) is 25.9 Å². The highest BCUT2D eigenvalue weighted by Gasteiger charge is 2.13. The molecule has 5 heteroatoms. The van der Waals surface area contributed by atoms with Gasteiger partial charge in [-0.3, -0.25) is 10.1 Å². The largest absolute Gasteiger partial charge is 0.304 e. The zero-order valence-corrected chi connectivity index (χ0v) is 12.7. The summed E-state index contributed by atoms with van der Waals surface area (Å²) in [5.74, 6) is 0. The van der Waals surface area contributed by atoms with Crippen LogP contribution in [0, 0.1) is 10.1 Å². The highest BCUT2D eigenvalue weighted by Crippen LogP contribution is 2.23. The van der Waals surface area contributed by atoms with Crippen LogP contribution in [0.5, 0.6) is 0 Å². The van der Waals surface area contributed by atoms with E-state index >= 15 is 0 Å². The zero-order valence-electron chi connectivity index (χ0n) is 11.9. The van der Waals surface area contributed by atoms with Crippen LogP contribution in [-0.2, 0) is 0 Å². The molecule has 2 aromatic carbocycles. The van der Waals surface area contributed by atoms with Crippen molar-refractivity contribution < 1.29 is 4.92 Å². The maximum atomic E-state index is 10.7. The molecule has 0 saturated carbocycles. The van der Waals surface area contributed by atoms with Crippen LogP contribution in [0.25, 0.3) is 0 Å². The topological polar surface area (TPSA) is 55.2 Å². The van der Waals surface area contributed by atoms with E-state index in [0.29, 0.717) is 5.02 Å². The van der Waals surface area contributed by atoms with E-state index in [1.165, 1.54) is 12.1 Å². The molecule has 0 saturated heterocycles. The second kappa shape index (κ2) is 6.70. The fourth-order valence-corrected chi connectivity index (χ4v) is 2.43. The van der Waals surface area contributed by atoms with E-state index in [9.17, 15) is 10.1 Å². The van der Waals surface area contributed by atoms with Gasteiger partial charge in [0.05, 0.1) is 4.92 Å². The number of nitrogens with one attached hydrogen (secondary N) is 1. The van der Waals surface area contributed by atoms with Gasteiger partial charge in [-0.05, 0) is 37.1 Å². The average molecular weight is 305 g/mol. The number of non-ortho nitro benzene ring substituents is 1. The summed E-state index contributed by atoms with van der Waals surface area (Å²) < 4.78 is 0. The Morgan fingerprint density at radius 3 is 2.24 bits per heavy atom. The molecular formula is C16H17ClN2O2. The van der Waals surface area contributed by atoms with E-state index in [4.69, 9.17) is 11.6 Å². The second-order valence-corrected chi connectivity index (χ2v) is 5.45. The lowest BCUT2D eigenvalue weighted by atomic mass is 10.0. The minimum Gasteiger partial charge on any atom is -0.304 e. The number of hydrogen-bond donors (Lipinski definition) is 1. The van der Waals surface area contributed by atoms with Gasteiger partial charge in [0.1, 0.15) is 0 Å². The lowest BCUT2D eigenvalue weighted by Gasteiger charge is -2.21. The van der Waals surface area contributed by atoms with Crippen molar-refractivity contribution in [3.63, 3.8) is 0 Å². The van der Waals surface area contributed by atoms with E-state index in [2.05, 4.69) is 12.2 Å². The molecule has 0 amide bonds. The highest BCUT2D eigenvalue weighted by atomic mass is 35.5. The molecule has 2 atom stereocenters. The Kier molecular flexibility index (Phi) is 4.94. The van der Waals surface area contributed by atoms with Crippen LogP contribution >= 0.6 is 11.6 Å². The molecular weight excluding hydrogens is 288 g/mol. The molecule has 0 fully saturated rings. The molecule has 0 radical (unpaired) electrons. The van der Waals surface area contributed by atoms with Crippen molar-refractivity contribution >= 4 is 17.3 Å². The minimum atomic E-state index is -0.392. The van der Waals surface area contributed by atoms with Gasteiger partial charge in [0.25, 0.3) is 5.69 Å². The van der Waals surface area contributed by atoms with Crippen LogP contribution in [-0.4, -0.2) is 4.92 Å². The molecule has 0 heterocycles. The Balaban J connectivity index is 2.06. The van der Waals surface area contributed by atoms with Crippen LogP contribution in [0.1, 0.15) is 37.1 Å². The van der Waals surface area contributed by atoms with Crippen molar-refractivity contribution in [3.8, 4) is 0 Å². The summed E-state index contributed by atoms with van der Waals surface area (Å²) in [7, 11) is 0. The van der Waals surface area contributed by atoms with Gasteiger partial charge in [0, 0.05) is 29.2 Å². The van der Waals surface area contributed by atoms with Crippen molar-refractivity contribution in [2.24, 2.45) is 0 Å². The van der Waals surface area contributed by atoms with E-state index < -0.39 is 4.92 Å². The molecule has 21 heavy (non-hydrogen) atoms. The smallest absolute Gasteiger partial charge is 0.269 e. The van der Waals surface area contributed by atoms with Gasteiger partial charge < -0.3 is 5.32 Å². The summed E-state index contributed by atoms with van der Waals surface area (Å²) in [6, 6.07) is 14.5. The molecule has 0 aliphatic carbocycles. The summed E-state index contributed by atoms with van der Waals surface area (Å²) in [5, 5.41) is 14.8. The van der Waals surface area contributed by atoms with E-state index in [1.807, 2.05) is 31.2 Å². The number of nitro benzene ring substituents is 1. The maximum Gasteiger partial charge on any atom is 0.269 e. The molecule has 1 unspecified atom stereocenters. The first-order chi connectivity index (χ1) is 9.97. The standard InChI is InChI=1S/C16H17ClN2O2/c1-11(13-6-8-16(9-7-13)19(20)21)18-12(2)14-4-3-5-15(17)10-14/h3-12,18H,1-2H3/t11?,12-/m1/s1. The number of nitrogens with zero attached hydrogens (tertiary/aromatic N) is 1. The van der Waals surface area contributed by atoms with Gasteiger partial charge in [-0.25, -0.2) is 0 Å². The molecule has 0 aromatic heterocycles. The summed E-state index contributed by atoms with van der Waals surface area (Å²) in [6.45, 7) is 4.09. The third-order valence-electron chi connectivity index (χ3n) is 3.45. The molecule has 0 aliphatic heterocycles. The van der Waals surface area contributed by atoms with Gasteiger partial charge in [-0.2, -0.15) is 0 Å². The number of rotatable bonds is 5. The van der Waals surface area contributed by atoms with Crippen LogP contribution in [0.4, 0.5) is 5.69 Å². The number of benzene rings is 2. The molecule has 2 aromatic rings. The Labute approximate surface area is 128 Å². The first-order valence-corrected chi connectivity index (χ1v) is 7.11. The van der Waals surface area contributed by atoms with Crippen LogP contribution in [0.3, 0.4) is 0 Å². The van der Waals surface area contributed by atoms with Crippen molar-refractivity contribution in [2.75, 3.05) is 0 Å². The molecule has 2 rings (SSSR count). The first kappa shape index (κ1) is 15.5. The van der Waals surface area contributed by atoms with E-state index in [-0.39, 0.29) is 17.8 Å². The molecule has 0 bridgehead atoms. The second-order valence-electron chi connectivity index (χ2n) is 5.01. The maximum absolute atomic E-state index is 10.7. The zero-order chi connectivity index (χ0) is 15.4. The predicted octanol–water partition coefficient (Wildman–Crippen LogP) is 4.66. The van der Waals surface area contributed by atoms with Gasteiger partial charge in [-0.15, -0.1) is 0 Å². The Morgan fingerprint density at radius 2 is 1.67 bits per heavy atom.